The minimum Gasteiger partial charge on any atom is -0.493 e. The molecule has 1 aromatic carbocycles. The molecule has 2 nitrogen and oxygen atoms in total. The summed E-state index contributed by atoms with van der Waals surface area (Å²) in [5, 5.41) is 0. The summed E-state index contributed by atoms with van der Waals surface area (Å²) in [6.07, 6.45) is 4.31. The molecule has 110 valence electrons. The van der Waals surface area contributed by atoms with Crippen molar-refractivity contribution in [3.8, 4) is 5.75 Å². The number of benzene rings is 1. The lowest BCUT2D eigenvalue weighted by Gasteiger charge is -2.47. The first kappa shape index (κ1) is 13.8. The van der Waals surface area contributed by atoms with Gasteiger partial charge in [0.15, 0.2) is 0 Å². The van der Waals surface area contributed by atoms with Crippen molar-refractivity contribution in [3.63, 3.8) is 0 Å². The van der Waals surface area contributed by atoms with Gasteiger partial charge in [0.25, 0.3) is 0 Å². The van der Waals surface area contributed by atoms with Crippen LogP contribution < -0.4 is 10.2 Å². The number of hydrogen-bond acceptors (Lipinski definition) is 2. The fraction of sp³-hybridized carbons (Fsp3) is 0.571. The average molecular weight is 285 g/mol. The minimum absolute atomic E-state index is 0.0404. The second kappa shape index (κ2) is 4.99. The predicted octanol–water partition coefficient (Wildman–Crippen LogP) is 3.22. The molecule has 1 aromatic rings. The molecule has 1 spiro atoms. The normalized spacial score (nSPS) is 25.2. The summed E-state index contributed by atoms with van der Waals surface area (Å²) in [4.78, 5) is 0. The molecule has 1 atom stereocenters. The molecule has 1 aliphatic carbocycles. The molecule has 0 bridgehead atoms. The van der Waals surface area contributed by atoms with Crippen molar-refractivity contribution in [1.29, 1.82) is 0 Å². The van der Waals surface area contributed by atoms with Crippen LogP contribution in [0, 0.1) is 0 Å². The Balaban J connectivity index is 1.74. The van der Waals surface area contributed by atoms with E-state index in [1.54, 1.807) is 6.07 Å². The van der Waals surface area contributed by atoms with Crippen LogP contribution in [0.25, 0.3) is 0 Å². The number of halogens is 3. The molecule has 3 rings (SSSR count). The van der Waals surface area contributed by atoms with Crippen molar-refractivity contribution in [1.82, 2.24) is 0 Å². The molecule has 6 heteroatoms. The van der Waals surface area contributed by atoms with E-state index in [4.69, 9.17) is 9.47 Å². The highest BCUT2D eigenvalue weighted by Crippen LogP contribution is 2.43. The molecular formula is C14H17BF3O2-. The van der Waals surface area contributed by atoms with Gasteiger partial charge in [-0.05, 0) is 25.3 Å². The Morgan fingerprint density at radius 3 is 2.60 bits per heavy atom. The highest BCUT2D eigenvalue weighted by molar-refractivity contribution is 6.74. The van der Waals surface area contributed by atoms with Gasteiger partial charge >= 0.3 is 6.98 Å². The Labute approximate surface area is 116 Å². The van der Waals surface area contributed by atoms with Gasteiger partial charge < -0.3 is 22.4 Å². The topological polar surface area (TPSA) is 18.5 Å². The molecule has 1 aliphatic heterocycles. The third-order valence-electron chi connectivity index (χ3n) is 4.28. The monoisotopic (exact) mass is 285 g/mol. The fourth-order valence-corrected chi connectivity index (χ4v) is 3.04. The van der Waals surface area contributed by atoms with Crippen molar-refractivity contribution in [2.75, 3.05) is 6.61 Å². The maximum Gasteiger partial charge on any atom is 0.513 e. The molecule has 2 aliphatic rings. The maximum atomic E-state index is 13.0. The summed E-state index contributed by atoms with van der Waals surface area (Å²) in [5.74, 6) is -0.0404. The highest BCUT2D eigenvalue weighted by Gasteiger charge is 2.43. The second-order valence-corrected chi connectivity index (χ2v) is 5.73. The molecule has 20 heavy (non-hydrogen) atoms. The van der Waals surface area contributed by atoms with Gasteiger partial charge in [-0.2, -0.15) is 0 Å². The number of hydrogen-bond donors (Lipinski definition) is 0. The van der Waals surface area contributed by atoms with E-state index in [9.17, 15) is 12.9 Å². The number of rotatable bonds is 3. The molecule has 2 fully saturated rings. The van der Waals surface area contributed by atoms with Crippen molar-refractivity contribution in [3.05, 3.63) is 24.3 Å². The van der Waals surface area contributed by atoms with Crippen LogP contribution >= 0.6 is 0 Å². The van der Waals surface area contributed by atoms with Gasteiger partial charge in [0.2, 0.25) is 0 Å². The Kier molecular flexibility index (Phi) is 3.44. The van der Waals surface area contributed by atoms with E-state index in [0.29, 0.717) is 19.4 Å². The zero-order chi connectivity index (χ0) is 14.2. The summed E-state index contributed by atoms with van der Waals surface area (Å²) in [6.45, 7) is -4.47. The Bertz CT molecular complexity index is 486. The van der Waals surface area contributed by atoms with Crippen LogP contribution in [0.2, 0.25) is 0 Å². The molecule has 1 saturated heterocycles. The zero-order valence-corrected chi connectivity index (χ0v) is 11.2. The van der Waals surface area contributed by atoms with Crippen molar-refractivity contribution in [2.24, 2.45) is 0 Å². The molecule has 0 N–H and O–H groups in total. The standard InChI is InChI=1S/C14H17BF3O2/c16-15(17,18)12-4-1-2-5-13(12)20-11-6-9-19-14(10-11)7-3-8-14/h1-2,4-5,11H,3,6-10H2/q-1. The van der Waals surface area contributed by atoms with Crippen molar-refractivity contribution in [2.45, 2.75) is 43.8 Å². The van der Waals surface area contributed by atoms with E-state index >= 15 is 0 Å². The third kappa shape index (κ3) is 2.66. The van der Waals surface area contributed by atoms with E-state index in [1.807, 2.05) is 0 Å². The van der Waals surface area contributed by atoms with Gasteiger partial charge in [0, 0.05) is 12.8 Å². The molecule has 0 radical (unpaired) electrons. The van der Waals surface area contributed by atoms with E-state index in [1.165, 1.54) is 12.1 Å². The van der Waals surface area contributed by atoms with Crippen molar-refractivity contribution < 1.29 is 22.4 Å². The van der Waals surface area contributed by atoms with Crippen LogP contribution in [0.1, 0.15) is 32.1 Å². The molecule has 1 heterocycles. The SMILES string of the molecule is F[B-](F)(F)c1ccccc1OC1CCOC2(CCC2)C1. The first-order valence-electron chi connectivity index (χ1n) is 7.08. The van der Waals surface area contributed by atoms with E-state index in [0.717, 1.165) is 25.3 Å². The minimum atomic E-state index is -5.04. The quantitative estimate of drug-likeness (QED) is 0.794. The summed E-state index contributed by atoms with van der Waals surface area (Å²) in [6, 6.07) is 5.48. The van der Waals surface area contributed by atoms with Crippen LogP contribution in [0.4, 0.5) is 12.9 Å². The first-order valence-corrected chi connectivity index (χ1v) is 7.08. The maximum absolute atomic E-state index is 13.0. The second-order valence-electron chi connectivity index (χ2n) is 5.73. The largest absolute Gasteiger partial charge is 0.513 e. The van der Waals surface area contributed by atoms with Crippen LogP contribution in [0.15, 0.2) is 24.3 Å². The third-order valence-corrected chi connectivity index (χ3v) is 4.28. The molecule has 0 aromatic heterocycles. The molecule has 1 saturated carbocycles. The lowest BCUT2D eigenvalue weighted by Crippen LogP contribution is -2.49. The van der Waals surface area contributed by atoms with Crippen LogP contribution in [-0.2, 0) is 4.74 Å². The average Bonchev–Trinajstić information content (AvgIpc) is 2.37. The molecule has 1 unspecified atom stereocenters. The summed E-state index contributed by atoms with van der Waals surface area (Å²) < 4.78 is 50.4. The number of para-hydroxylation sites is 1. The van der Waals surface area contributed by atoms with E-state index < -0.39 is 12.4 Å². The van der Waals surface area contributed by atoms with Gasteiger partial charge in [-0.1, -0.05) is 23.7 Å². The highest BCUT2D eigenvalue weighted by atomic mass is 19.4. The molecule has 0 amide bonds. The van der Waals surface area contributed by atoms with Crippen LogP contribution in [0.3, 0.4) is 0 Å². The van der Waals surface area contributed by atoms with Gasteiger partial charge in [-0.15, -0.1) is 0 Å². The molecular weight excluding hydrogens is 268 g/mol. The smallest absolute Gasteiger partial charge is 0.493 e. The predicted molar refractivity (Wildman–Crippen MR) is 71.3 cm³/mol. The van der Waals surface area contributed by atoms with Crippen LogP contribution in [0.5, 0.6) is 5.75 Å². The lowest BCUT2D eigenvalue weighted by atomic mass is 9.74. The fourth-order valence-electron chi connectivity index (χ4n) is 3.04. The van der Waals surface area contributed by atoms with Crippen molar-refractivity contribution >= 4 is 12.4 Å². The summed E-state index contributed by atoms with van der Waals surface area (Å²) >= 11 is 0. The van der Waals surface area contributed by atoms with E-state index in [2.05, 4.69) is 0 Å². The Morgan fingerprint density at radius 2 is 1.95 bits per heavy atom. The van der Waals surface area contributed by atoms with Crippen LogP contribution in [-0.4, -0.2) is 25.3 Å². The Morgan fingerprint density at radius 1 is 1.20 bits per heavy atom. The first-order chi connectivity index (χ1) is 9.49. The van der Waals surface area contributed by atoms with Gasteiger partial charge in [-0.25, -0.2) is 0 Å². The van der Waals surface area contributed by atoms with Gasteiger partial charge in [0.1, 0.15) is 6.10 Å². The lowest BCUT2D eigenvalue weighted by molar-refractivity contribution is -0.153. The summed E-state index contributed by atoms with van der Waals surface area (Å²) in [7, 11) is 0. The van der Waals surface area contributed by atoms with Gasteiger partial charge in [0.05, 0.1) is 18.0 Å². The Hall–Kier alpha value is -1.17. The summed E-state index contributed by atoms with van der Waals surface area (Å²) in [5.41, 5.74) is -0.761. The van der Waals surface area contributed by atoms with E-state index in [-0.39, 0.29) is 17.5 Å². The van der Waals surface area contributed by atoms with Gasteiger partial charge in [-0.3, -0.25) is 0 Å². The zero-order valence-electron chi connectivity index (χ0n) is 11.2. The number of ether oxygens (including phenoxy) is 2.